The van der Waals surface area contributed by atoms with Crippen molar-refractivity contribution in [2.45, 2.75) is 38.8 Å². The maximum atomic E-state index is 5.57. The molecule has 0 aliphatic carbocycles. The molecule has 2 aromatic rings. The molecular weight excluding hydrogens is 392 g/mol. The van der Waals surface area contributed by atoms with Gasteiger partial charge in [-0.15, -0.1) is 0 Å². The predicted octanol–water partition coefficient (Wildman–Crippen LogP) is 1.38. The zero-order valence-electron chi connectivity index (χ0n) is 19.6. The zero-order chi connectivity index (χ0) is 22.1. The lowest BCUT2D eigenvalue weighted by molar-refractivity contribution is -1.11. The van der Waals surface area contributed by atoms with Gasteiger partial charge in [0.1, 0.15) is 12.1 Å². The minimum Gasteiger partial charge on any atom is -0.493 e. The summed E-state index contributed by atoms with van der Waals surface area (Å²) in [5, 5.41) is 0. The van der Waals surface area contributed by atoms with E-state index < -0.39 is 0 Å². The number of methoxy groups -OCH3 is 4. The molecule has 6 nitrogen and oxygen atoms in total. The molecule has 0 bridgehead atoms. The molecule has 4 atom stereocenters. The van der Waals surface area contributed by atoms with Gasteiger partial charge in [0.05, 0.1) is 41.5 Å². The Morgan fingerprint density at radius 3 is 1.35 bits per heavy atom. The minimum absolute atomic E-state index is 0.426. The Hall–Kier alpha value is -2.44. The summed E-state index contributed by atoms with van der Waals surface area (Å²) in [4.78, 5) is 3.26. The molecule has 2 unspecified atom stereocenters. The topological polar surface area (TPSA) is 45.8 Å². The second-order valence-corrected chi connectivity index (χ2v) is 8.75. The van der Waals surface area contributed by atoms with Crippen LogP contribution < -0.4 is 28.7 Å². The SMILES string of the molecule is COc1cc2c(cc1OC)[C@@H](C)[NH+](C[NH+]1CCc3cc(OC)c(OC)cc3[C@H]1C)CC2. The molecule has 0 saturated carbocycles. The highest BCUT2D eigenvalue weighted by Crippen LogP contribution is 2.35. The van der Waals surface area contributed by atoms with Crippen LogP contribution >= 0.6 is 0 Å². The van der Waals surface area contributed by atoms with Crippen LogP contribution in [0, 0.1) is 0 Å². The van der Waals surface area contributed by atoms with Crippen molar-refractivity contribution in [3.63, 3.8) is 0 Å². The van der Waals surface area contributed by atoms with Gasteiger partial charge in [-0.2, -0.15) is 0 Å². The van der Waals surface area contributed by atoms with Crippen molar-refractivity contribution in [1.82, 2.24) is 0 Å². The van der Waals surface area contributed by atoms with Gasteiger partial charge in [0.2, 0.25) is 6.67 Å². The molecule has 2 aliphatic heterocycles. The Balaban J connectivity index is 1.54. The van der Waals surface area contributed by atoms with Crippen molar-refractivity contribution < 1.29 is 28.7 Å². The van der Waals surface area contributed by atoms with E-state index in [-0.39, 0.29) is 0 Å². The van der Waals surface area contributed by atoms with Gasteiger partial charge in [-0.1, -0.05) is 0 Å². The summed E-state index contributed by atoms with van der Waals surface area (Å²) in [7, 11) is 6.83. The Labute approximate surface area is 185 Å². The van der Waals surface area contributed by atoms with Gasteiger partial charge in [-0.25, -0.2) is 0 Å². The maximum Gasteiger partial charge on any atom is 0.205 e. The van der Waals surface area contributed by atoms with Crippen molar-refractivity contribution in [2.24, 2.45) is 0 Å². The van der Waals surface area contributed by atoms with Gasteiger partial charge >= 0.3 is 0 Å². The lowest BCUT2D eigenvalue weighted by Crippen LogP contribution is -3.31. The molecule has 0 amide bonds. The van der Waals surface area contributed by atoms with E-state index in [4.69, 9.17) is 18.9 Å². The highest BCUT2D eigenvalue weighted by molar-refractivity contribution is 5.49. The van der Waals surface area contributed by atoms with Crippen LogP contribution in [0.1, 0.15) is 48.2 Å². The van der Waals surface area contributed by atoms with Gasteiger partial charge in [-0.05, 0) is 49.2 Å². The van der Waals surface area contributed by atoms with E-state index in [9.17, 15) is 0 Å². The Bertz CT molecular complexity index is 870. The molecule has 0 aromatic heterocycles. The van der Waals surface area contributed by atoms with E-state index in [2.05, 4.69) is 38.1 Å². The first-order chi connectivity index (χ1) is 15.0. The summed E-state index contributed by atoms with van der Waals surface area (Å²) in [6.45, 7) is 8.06. The zero-order valence-corrected chi connectivity index (χ0v) is 19.6. The lowest BCUT2D eigenvalue weighted by atomic mass is 9.91. The average Bonchev–Trinajstić information content (AvgIpc) is 2.80. The summed E-state index contributed by atoms with van der Waals surface area (Å²) in [5.74, 6) is 3.30. The highest BCUT2D eigenvalue weighted by atomic mass is 16.5. The first-order valence-corrected chi connectivity index (χ1v) is 11.2. The monoisotopic (exact) mass is 428 g/mol. The molecule has 0 saturated heterocycles. The van der Waals surface area contributed by atoms with Crippen molar-refractivity contribution in [3.8, 4) is 23.0 Å². The number of nitrogens with one attached hydrogen (secondary N) is 2. The number of rotatable bonds is 6. The minimum atomic E-state index is 0.426. The van der Waals surface area contributed by atoms with Crippen LogP contribution in [-0.2, 0) is 12.8 Å². The number of fused-ring (bicyclic) bond motifs is 2. The third-order valence-electron chi connectivity index (χ3n) is 7.33. The third kappa shape index (κ3) is 3.94. The molecule has 2 heterocycles. The van der Waals surface area contributed by atoms with Gasteiger partial charge in [0, 0.05) is 24.0 Å². The summed E-state index contributed by atoms with van der Waals surface area (Å²) >= 11 is 0. The number of quaternary nitrogens is 2. The molecular formula is C25H36N2O4+2. The molecule has 0 spiro atoms. The number of hydrogen-bond donors (Lipinski definition) is 2. The number of ether oxygens (including phenoxy) is 4. The fourth-order valence-electron chi connectivity index (χ4n) is 5.35. The van der Waals surface area contributed by atoms with Gasteiger partial charge in [0.15, 0.2) is 23.0 Å². The van der Waals surface area contributed by atoms with Crippen molar-refractivity contribution in [3.05, 3.63) is 46.5 Å². The number of hydrogen-bond acceptors (Lipinski definition) is 4. The van der Waals surface area contributed by atoms with Gasteiger partial charge < -0.3 is 18.9 Å². The van der Waals surface area contributed by atoms with Crippen LogP contribution in [0.25, 0.3) is 0 Å². The van der Waals surface area contributed by atoms with E-state index >= 15 is 0 Å². The first kappa shape index (κ1) is 21.8. The van der Waals surface area contributed by atoms with Crippen LogP contribution in [0.3, 0.4) is 0 Å². The van der Waals surface area contributed by atoms with Gasteiger partial charge in [-0.3, -0.25) is 9.80 Å². The quantitative estimate of drug-likeness (QED) is 0.730. The van der Waals surface area contributed by atoms with E-state index in [1.807, 2.05) is 0 Å². The summed E-state index contributed by atoms with van der Waals surface area (Å²) in [5.41, 5.74) is 5.54. The predicted molar refractivity (Wildman–Crippen MR) is 120 cm³/mol. The van der Waals surface area contributed by atoms with Crippen LogP contribution in [0.15, 0.2) is 24.3 Å². The van der Waals surface area contributed by atoms with E-state index in [0.29, 0.717) is 12.1 Å². The molecule has 2 N–H and O–H groups in total. The summed E-state index contributed by atoms with van der Waals surface area (Å²) < 4.78 is 22.2. The molecule has 2 aromatic carbocycles. The molecule has 0 fully saturated rings. The molecule has 6 heteroatoms. The standard InChI is InChI=1S/C25H34N2O4/c1-16-20-13-24(30-5)22(28-3)11-18(20)7-9-26(16)15-27-10-8-19-12-23(29-4)25(31-6)14-21(19)17(27)2/h11-14,16-17H,7-10,15H2,1-6H3/p+2/t16-,17-/m1/s1. The van der Waals surface area contributed by atoms with Gasteiger partial charge in [0.25, 0.3) is 0 Å². The van der Waals surface area contributed by atoms with Crippen molar-refractivity contribution >= 4 is 0 Å². The van der Waals surface area contributed by atoms with Crippen molar-refractivity contribution in [2.75, 3.05) is 48.2 Å². The average molecular weight is 429 g/mol. The molecule has 4 rings (SSSR count). The smallest absolute Gasteiger partial charge is 0.205 e. The second kappa shape index (κ2) is 8.97. The van der Waals surface area contributed by atoms with Crippen molar-refractivity contribution in [1.29, 1.82) is 0 Å². The first-order valence-electron chi connectivity index (χ1n) is 11.2. The fourth-order valence-corrected chi connectivity index (χ4v) is 5.35. The van der Waals surface area contributed by atoms with Crippen LogP contribution in [-0.4, -0.2) is 48.2 Å². The second-order valence-electron chi connectivity index (χ2n) is 8.75. The molecule has 31 heavy (non-hydrogen) atoms. The largest absolute Gasteiger partial charge is 0.493 e. The molecule has 0 radical (unpaired) electrons. The summed E-state index contributed by atoms with van der Waals surface area (Å²) in [6.07, 6.45) is 2.14. The molecule has 168 valence electrons. The fraction of sp³-hybridized carbons (Fsp3) is 0.520. The van der Waals surface area contributed by atoms with E-state index in [1.54, 1.807) is 38.2 Å². The van der Waals surface area contributed by atoms with Crippen LogP contribution in [0.4, 0.5) is 0 Å². The Morgan fingerprint density at radius 2 is 1.00 bits per heavy atom. The van der Waals surface area contributed by atoms with Crippen LogP contribution in [0.2, 0.25) is 0 Å². The normalized spacial score (nSPS) is 24.7. The Morgan fingerprint density at radius 1 is 0.645 bits per heavy atom. The summed E-state index contributed by atoms with van der Waals surface area (Å²) in [6, 6.07) is 9.53. The van der Waals surface area contributed by atoms with E-state index in [1.165, 1.54) is 22.3 Å². The molecule has 2 aliphatic rings. The highest BCUT2D eigenvalue weighted by Gasteiger charge is 2.36. The third-order valence-corrected chi connectivity index (χ3v) is 7.33. The van der Waals surface area contributed by atoms with Crippen LogP contribution in [0.5, 0.6) is 23.0 Å². The lowest BCUT2D eigenvalue weighted by Gasteiger charge is -2.38. The Kier molecular flexibility index (Phi) is 6.30. The number of benzene rings is 2. The van der Waals surface area contributed by atoms with E-state index in [0.717, 1.165) is 55.6 Å². The maximum absolute atomic E-state index is 5.57.